The quantitative estimate of drug-likeness (QED) is 0.925. The third-order valence-corrected chi connectivity index (χ3v) is 2.90. The van der Waals surface area contributed by atoms with Gasteiger partial charge in [-0.05, 0) is 30.3 Å². The summed E-state index contributed by atoms with van der Waals surface area (Å²) in [6.07, 6.45) is 1.58. The highest BCUT2D eigenvalue weighted by molar-refractivity contribution is 6.33. The van der Waals surface area contributed by atoms with Crippen molar-refractivity contribution in [1.82, 2.24) is 4.98 Å². The molecule has 2 N–H and O–H groups in total. The fraction of sp³-hybridized carbons (Fsp3) is 0.154. The highest BCUT2D eigenvalue weighted by Gasteiger charge is 2.10. The average Bonchev–Trinajstić information content (AvgIpc) is 2.38. The molecule has 5 heteroatoms. The maximum absolute atomic E-state index is 6.12. The minimum atomic E-state index is 0.522. The molecule has 1 aromatic carbocycles. The molecular formula is C13H14ClN3O. The molecule has 0 saturated carbocycles. The molecule has 18 heavy (non-hydrogen) atoms. The highest BCUT2D eigenvalue weighted by atomic mass is 35.5. The Morgan fingerprint density at radius 3 is 2.50 bits per heavy atom. The number of hydrogen-bond donors (Lipinski definition) is 1. The minimum Gasteiger partial charge on any atom is -0.497 e. The van der Waals surface area contributed by atoms with Gasteiger partial charge < -0.3 is 15.4 Å². The summed E-state index contributed by atoms with van der Waals surface area (Å²) >= 11 is 6.12. The lowest BCUT2D eigenvalue weighted by atomic mass is 10.2. The summed E-state index contributed by atoms with van der Waals surface area (Å²) in [4.78, 5) is 6.12. The molecule has 0 unspecified atom stereocenters. The summed E-state index contributed by atoms with van der Waals surface area (Å²) < 4.78 is 5.12. The zero-order chi connectivity index (χ0) is 13.1. The van der Waals surface area contributed by atoms with E-state index < -0.39 is 0 Å². The third-order valence-electron chi connectivity index (χ3n) is 2.62. The summed E-state index contributed by atoms with van der Waals surface area (Å²) in [5, 5.41) is 0.522. The number of anilines is 3. The van der Waals surface area contributed by atoms with Crippen molar-refractivity contribution in [2.75, 3.05) is 24.8 Å². The Morgan fingerprint density at radius 2 is 1.94 bits per heavy atom. The molecule has 0 aliphatic carbocycles. The number of benzene rings is 1. The molecule has 0 radical (unpaired) electrons. The zero-order valence-corrected chi connectivity index (χ0v) is 11.0. The molecule has 4 nitrogen and oxygen atoms in total. The van der Waals surface area contributed by atoms with Gasteiger partial charge in [-0.15, -0.1) is 0 Å². The van der Waals surface area contributed by atoms with Crippen LogP contribution in [-0.4, -0.2) is 19.1 Å². The van der Waals surface area contributed by atoms with Crippen LogP contribution >= 0.6 is 11.6 Å². The predicted molar refractivity (Wildman–Crippen MR) is 74.7 cm³/mol. The van der Waals surface area contributed by atoms with Gasteiger partial charge in [-0.1, -0.05) is 11.6 Å². The standard InChI is InChI=1S/C13H14ClN3O/c1-17(10-3-5-11(18-2)6-4-10)13-12(14)7-9(15)8-16-13/h3-8H,15H2,1-2H3. The van der Waals surface area contributed by atoms with Crippen LogP contribution in [0.4, 0.5) is 17.2 Å². The molecule has 1 aromatic heterocycles. The van der Waals surface area contributed by atoms with Crippen LogP contribution in [0, 0.1) is 0 Å². The normalized spacial score (nSPS) is 10.2. The monoisotopic (exact) mass is 263 g/mol. The van der Waals surface area contributed by atoms with Crippen LogP contribution in [0.15, 0.2) is 36.5 Å². The summed E-state index contributed by atoms with van der Waals surface area (Å²) in [6, 6.07) is 9.33. The van der Waals surface area contributed by atoms with Crippen molar-refractivity contribution in [3.8, 4) is 5.75 Å². The summed E-state index contributed by atoms with van der Waals surface area (Å²) in [7, 11) is 3.53. The molecule has 1 heterocycles. The topological polar surface area (TPSA) is 51.4 Å². The Hall–Kier alpha value is -1.94. The second kappa shape index (κ2) is 5.14. The fourth-order valence-corrected chi connectivity index (χ4v) is 1.92. The van der Waals surface area contributed by atoms with Gasteiger partial charge in [0.15, 0.2) is 5.82 Å². The lowest BCUT2D eigenvalue weighted by Crippen LogP contribution is -2.11. The van der Waals surface area contributed by atoms with Crippen LogP contribution in [0.3, 0.4) is 0 Å². The molecular weight excluding hydrogens is 250 g/mol. The molecule has 0 spiro atoms. The van der Waals surface area contributed by atoms with E-state index in [9.17, 15) is 0 Å². The van der Waals surface area contributed by atoms with E-state index in [-0.39, 0.29) is 0 Å². The van der Waals surface area contributed by atoms with Crippen LogP contribution in [0.1, 0.15) is 0 Å². The number of pyridine rings is 1. The Bertz CT molecular complexity index is 542. The van der Waals surface area contributed by atoms with E-state index in [4.69, 9.17) is 22.1 Å². The van der Waals surface area contributed by atoms with Crippen molar-refractivity contribution < 1.29 is 4.74 Å². The van der Waals surface area contributed by atoms with E-state index in [0.29, 0.717) is 16.5 Å². The van der Waals surface area contributed by atoms with Crippen molar-refractivity contribution in [3.63, 3.8) is 0 Å². The summed E-state index contributed by atoms with van der Waals surface area (Å²) in [6.45, 7) is 0. The van der Waals surface area contributed by atoms with Gasteiger partial charge in [0.2, 0.25) is 0 Å². The molecule has 0 bridgehead atoms. The first-order valence-electron chi connectivity index (χ1n) is 5.40. The molecule has 2 rings (SSSR count). The molecule has 0 saturated heterocycles. The van der Waals surface area contributed by atoms with Gasteiger partial charge in [0.1, 0.15) is 5.75 Å². The summed E-state index contributed by atoms with van der Waals surface area (Å²) in [5.74, 6) is 1.47. The molecule has 94 valence electrons. The number of ether oxygens (including phenoxy) is 1. The Labute approximate surface area is 111 Å². The van der Waals surface area contributed by atoms with Gasteiger partial charge in [-0.2, -0.15) is 0 Å². The van der Waals surface area contributed by atoms with E-state index in [1.165, 1.54) is 0 Å². The smallest absolute Gasteiger partial charge is 0.151 e. The van der Waals surface area contributed by atoms with E-state index >= 15 is 0 Å². The first-order valence-corrected chi connectivity index (χ1v) is 5.78. The maximum atomic E-state index is 6.12. The molecule has 0 aliphatic rings. The van der Waals surface area contributed by atoms with Gasteiger partial charge in [0, 0.05) is 12.7 Å². The lowest BCUT2D eigenvalue weighted by molar-refractivity contribution is 0.415. The number of nitrogens with two attached hydrogens (primary N) is 1. The van der Waals surface area contributed by atoms with Crippen LogP contribution in [0.5, 0.6) is 5.75 Å². The number of nitrogen functional groups attached to an aromatic ring is 1. The second-order valence-electron chi connectivity index (χ2n) is 3.83. The summed E-state index contributed by atoms with van der Waals surface area (Å²) in [5.41, 5.74) is 7.14. The van der Waals surface area contributed by atoms with E-state index in [2.05, 4.69) is 4.98 Å². The molecule has 2 aromatic rings. The second-order valence-corrected chi connectivity index (χ2v) is 4.24. The van der Waals surface area contributed by atoms with E-state index in [1.807, 2.05) is 36.2 Å². The molecule has 0 atom stereocenters. The van der Waals surface area contributed by atoms with Crippen molar-refractivity contribution in [2.45, 2.75) is 0 Å². The van der Waals surface area contributed by atoms with Crippen LogP contribution in [0.25, 0.3) is 0 Å². The Balaban J connectivity index is 2.31. The Morgan fingerprint density at radius 1 is 1.28 bits per heavy atom. The zero-order valence-electron chi connectivity index (χ0n) is 10.2. The molecule has 0 fully saturated rings. The number of aromatic nitrogens is 1. The van der Waals surface area contributed by atoms with E-state index in [0.717, 1.165) is 11.4 Å². The SMILES string of the molecule is COc1ccc(N(C)c2ncc(N)cc2Cl)cc1. The highest BCUT2D eigenvalue weighted by Crippen LogP contribution is 2.30. The van der Waals surface area contributed by atoms with Crippen molar-refractivity contribution >= 4 is 28.8 Å². The maximum Gasteiger partial charge on any atom is 0.151 e. The lowest BCUT2D eigenvalue weighted by Gasteiger charge is -2.19. The van der Waals surface area contributed by atoms with Gasteiger partial charge >= 0.3 is 0 Å². The van der Waals surface area contributed by atoms with Gasteiger partial charge in [0.05, 0.1) is 24.0 Å². The number of hydrogen-bond acceptors (Lipinski definition) is 4. The third kappa shape index (κ3) is 2.49. The van der Waals surface area contributed by atoms with Crippen LogP contribution in [-0.2, 0) is 0 Å². The largest absolute Gasteiger partial charge is 0.497 e. The predicted octanol–water partition coefficient (Wildman–Crippen LogP) is 3.09. The van der Waals surface area contributed by atoms with E-state index in [1.54, 1.807) is 19.4 Å². The van der Waals surface area contributed by atoms with Gasteiger partial charge in [-0.3, -0.25) is 0 Å². The van der Waals surface area contributed by atoms with Crippen LogP contribution < -0.4 is 15.4 Å². The Kier molecular flexibility index (Phi) is 3.58. The average molecular weight is 264 g/mol. The first kappa shape index (κ1) is 12.5. The number of nitrogens with zero attached hydrogens (tertiary/aromatic N) is 2. The molecule has 0 amide bonds. The molecule has 0 aliphatic heterocycles. The van der Waals surface area contributed by atoms with Gasteiger partial charge in [0.25, 0.3) is 0 Å². The van der Waals surface area contributed by atoms with Crippen molar-refractivity contribution in [1.29, 1.82) is 0 Å². The first-order chi connectivity index (χ1) is 8.61. The van der Waals surface area contributed by atoms with Crippen molar-refractivity contribution in [2.24, 2.45) is 0 Å². The number of halogens is 1. The minimum absolute atomic E-state index is 0.522. The van der Waals surface area contributed by atoms with Gasteiger partial charge in [-0.25, -0.2) is 4.98 Å². The van der Waals surface area contributed by atoms with Crippen LogP contribution in [0.2, 0.25) is 5.02 Å². The number of rotatable bonds is 3. The number of methoxy groups -OCH3 is 1. The fourth-order valence-electron chi connectivity index (χ4n) is 1.62. The van der Waals surface area contributed by atoms with Crippen molar-refractivity contribution in [3.05, 3.63) is 41.6 Å².